The maximum atomic E-state index is 5.61. The summed E-state index contributed by atoms with van der Waals surface area (Å²) >= 11 is 0. The summed E-state index contributed by atoms with van der Waals surface area (Å²) in [4.78, 5) is 15.1. The van der Waals surface area contributed by atoms with E-state index in [1.165, 1.54) is 5.56 Å². The third-order valence-electron chi connectivity index (χ3n) is 3.39. The highest BCUT2D eigenvalue weighted by Crippen LogP contribution is 2.16. The molecule has 0 aliphatic heterocycles. The summed E-state index contributed by atoms with van der Waals surface area (Å²) in [5.41, 5.74) is 9.44. The molecule has 0 bridgehead atoms. The molecule has 0 amide bonds. The fourth-order valence-electron chi connectivity index (χ4n) is 2.19. The molecule has 2 aromatic heterocycles. The minimum Gasteiger partial charge on any atom is -0.355 e. The molecule has 0 aliphatic carbocycles. The van der Waals surface area contributed by atoms with E-state index >= 15 is 0 Å². The van der Waals surface area contributed by atoms with Crippen LogP contribution in [0.3, 0.4) is 0 Å². The lowest BCUT2D eigenvalue weighted by molar-refractivity contribution is 0.898. The molecule has 1 aromatic carbocycles. The first-order valence-corrected chi connectivity index (χ1v) is 6.83. The van der Waals surface area contributed by atoms with Gasteiger partial charge in [0.2, 0.25) is 0 Å². The van der Waals surface area contributed by atoms with Gasteiger partial charge in [0.05, 0.1) is 0 Å². The van der Waals surface area contributed by atoms with Crippen molar-refractivity contribution in [1.29, 1.82) is 0 Å². The maximum Gasteiger partial charge on any atom is 0.180 e. The van der Waals surface area contributed by atoms with E-state index in [1.807, 2.05) is 19.2 Å². The molecule has 5 heteroatoms. The summed E-state index contributed by atoms with van der Waals surface area (Å²) in [6, 6.07) is 12.2. The number of anilines is 1. The zero-order chi connectivity index (χ0) is 14.7. The Morgan fingerprint density at radius 2 is 1.67 bits per heavy atom. The van der Waals surface area contributed by atoms with Gasteiger partial charge in [-0.05, 0) is 23.3 Å². The van der Waals surface area contributed by atoms with Crippen molar-refractivity contribution in [3.05, 3.63) is 59.9 Å². The lowest BCUT2D eigenvalue weighted by Crippen LogP contribution is -2.17. The van der Waals surface area contributed by atoms with Crippen LogP contribution < -0.4 is 10.6 Å². The zero-order valence-electron chi connectivity index (χ0n) is 11.9. The van der Waals surface area contributed by atoms with Crippen molar-refractivity contribution in [1.82, 2.24) is 15.0 Å². The Labute approximate surface area is 123 Å². The molecule has 2 heterocycles. The van der Waals surface area contributed by atoms with Crippen molar-refractivity contribution < 1.29 is 0 Å². The fourth-order valence-corrected chi connectivity index (χ4v) is 2.19. The number of nitrogens with zero attached hydrogens (tertiary/aromatic N) is 4. The number of nitrogens with two attached hydrogens (primary N) is 1. The SMILES string of the molecule is CN(Cc1ccc(CN)cc1)c1ccc2nccnc2n1. The van der Waals surface area contributed by atoms with E-state index in [1.54, 1.807) is 12.4 Å². The van der Waals surface area contributed by atoms with Crippen molar-refractivity contribution in [3.8, 4) is 0 Å². The summed E-state index contributed by atoms with van der Waals surface area (Å²) in [5, 5.41) is 0. The second-order valence-electron chi connectivity index (χ2n) is 4.95. The Kier molecular flexibility index (Phi) is 3.75. The Morgan fingerprint density at radius 3 is 2.43 bits per heavy atom. The summed E-state index contributed by atoms with van der Waals surface area (Å²) < 4.78 is 0. The number of hydrogen-bond acceptors (Lipinski definition) is 5. The highest BCUT2D eigenvalue weighted by atomic mass is 15.2. The monoisotopic (exact) mass is 279 g/mol. The van der Waals surface area contributed by atoms with Gasteiger partial charge in [0, 0.05) is 32.5 Å². The van der Waals surface area contributed by atoms with E-state index in [0.29, 0.717) is 12.2 Å². The van der Waals surface area contributed by atoms with Gasteiger partial charge in [-0.15, -0.1) is 0 Å². The molecule has 0 radical (unpaired) electrons. The van der Waals surface area contributed by atoms with Crippen LogP contribution in [0.4, 0.5) is 5.82 Å². The second kappa shape index (κ2) is 5.85. The zero-order valence-corrected chi connectivity index (χ0v) is 11.9. The molecule has 5 nitrogen and oxygen atoms in total. The molecular weight excluding hydrogens is 262 g/mol. The van der Waals surface area contributed by atoms with Gasteiger partial charge >= 0.3 is 0 Å². The van der Waals surface area contributed by atoms with E-state index in [0.717, 1.165) is 23.4 Å². The first-order valence-electron chi connectivity index (χ1n) is 6.83. The van der Waals surface area contributed by atoms with E-state index < -0.39 is 0 Å². The minimum atomic E-state index is 0.570. The van der Waals surface area contributed by atoms with Crippen molar-refractivity contribution in [2.75, 3.05) is 11.9 Å². The van der Waals surface area contributed by atoms with Gasteiger partial charge in [-0.2, -0.15) is 0 Å². The van der Waals surface area contributed by atoms with E-state index in [4.69, 9.17) is 5.73 Å². The van der Waals surface area contributed by atoms with E-state index in [-0.39, 0.29) is 0 Å². The minimum absolute atomic E-state index is 0.570. The van der Waals surface area contributed by atoms with E-state index in [2.05, 4.69) is 44.1 Å². The highest BCUT2D eigenvalue weighted by Gasteiger charge is 2.06. The molecule has 21 heavy (non-hydrogen) atoms. The van der Waals surface area contributed by atoms with Crippen LogP contribution in [0.2, 0.25) is 0 Å². The molecule has 0 spiro atoms. The smallest absolute Gasteiger partial charge is 0.180 e. The van der Waals surface area contributed by atoms with Crippen LogP contribution in [0.5, 0.6) is 0 Å². The molecule has 0 saturated carbocycles. The second-order valence-corrected chi connectivity index (χ2v) is 4.95. The first kappa shape index (κ1) is 13.5. The molecule has 106 valence electrons. The molecule has 3 rings (SSSR count). The number of fused-ring (bicyclic) bond motifs is 1. The molecular formula is C16H17N5. The molecule has 0 fully saturated rings. The summed E-state index contributed by atoms with van der Waals surface area (Å²) in [7, 11) is 2.02. The number of rotatable bonds is 4. The highest BCUT2D eigenvalue weighted by molar-refractivity contribution is 5.71. The lowest BCUT2D eigenvalue weighted by Gasteiger charge is -2.18. The lowest BCUT2D eigenvalue weighted by atomic mass is 10.1. The van der Waals surface area contributed by atoms with Gasteiger partial charge in [-0.3, -0.25) is 4.98 Å². The molecule has 0 saturated heterocycles. The molecule has 0 unspecified atom stereocenters. The van der Waals surface area contributed by atoms with Crippen LogP contribution >= 0.6 is 0 Å². The van der Waals surface area contributed by atoms with Gasteiger partial charge < -0.3 is 10.6 Å². The molecule has 0 aliphatic rings. The van der Waals surface area contributed by atoms with Gasteiger partial charge in [0.25, 0.3) is 0 Å². The van der Waals surface area contributed by atoms with Crippen LogP contribution in [0, 0.1) is 0 Å². The van der Waals surface area contributed by atoms with Crippen LogP contribution in [0.1, 0.15) is 11.1 Å². The number of benzene rings is 1. The quantitative estimate of drug-likeness (QED) is 0.792. The largest absolute Gasteiger partial charge is 0.355 e. The van der Waals surface area contributed by atoms with Gasteiger partial charge in [-0.25, -0.2) is 9.97 Å². The van der Waals surface area contributed by atoms with Crippen LogP contribution in [-0.4, -0.2) is 22.0 Å². The third kappa shape index (κ3) is 2.98. The summed E-state index contributed by atoms with van der Waals surface area (Å²) in [6.45, 7) is 1.35. The van der Waals surface area contributed by atoms with Crippen molar-refractivity contribution >= 4 is 17.0 Å². The third-order valence-corrected chi connectivity index (χ3v) is 3.39. The average molecular weight is 279 g/mol. The Morgan fingerprint density at radius 1 is 0.952 bits per heavy atom. The van der Waals surface area contributed by atoms with Crippen LogP contribution in [-0.2, 0) is 13.1 Å². The van der Waals surface area contributed by atoms with E-state index in [9.17, 15) is 0 Å². The fraction of sp³-hybridized carbons (Fsp3) is 0.188. The Hall–Kier alpha value is -2.53. The first-order chi connectivity index (χ1) is 10.3. The standard InChI is InChI=1S/C16H17N5/c1-21(11-13-4-2-12(10-17)3-5-13)15-7-6-14-16(20-15)19-9-8-18-14/h2-9H,10-11,17H2,1H3. The molecule has 3 aromatic rings. The van der Waals surface area contributed by atoms with Crippen molar-refractivity contribution in [3.63, 3.8) is 0 Å². The average Bonchev–Trinajstić information content (AvgIpc) is 2.55. The van der Waals surface area contributed by atoms with Gasteiger partial charge in [0.1, 0.15) is 11.3 Å². The topological polar surface area (TPSA) is 67.9 Å². The Balaban J connectivity index is 1.80. The predicted molar refractivity (Wildman–Crippen MR) is 83.8 cm³/mol. The number of pyridine rings is 1. The van der Waals surface area contributed by atoms with Crippen LogP contribution in [0.25, 0.3) is 11.2 Å². The Bertz CT molecular complexity index is 739. The predicted octanol–water partition coefficient (Wildman–Crippen LogP) is 2.12. The summed E-state index contributed by atoms with van der Waals surface area (Å²) in [5.74, 6) is 0.880. The number of hydrogen-bond donors (Lipinski definition) is 1. The molecule has 0 atom stereocenters. The van der Waals surface area contributed by atoms with Gasteiger partial charge in [-0.1, -0.05) is 24.3 Å². The van der Waals surface area contributed by atoms with Gasteiger partial charge in [0.15, 0.2) is 5.65 Å². The summed E-state index contributed by atoms with van der Waals surface area (Å²) in [6.07, 6.45) is 3.33. The van der Waals surface area contributed by atoms with Crippen molar-refractivity contribution in [2.24, 2.45) is 5.73 Å². The van der Waals surface area contributed by atoms with Crippen LogP contribution in [0.15, 0.2) is 48.8 Å². The normalized spacial score (nSPS) is 10.8. The molecule has 2 N–H and O–H groups in total. The number of aromatic nitrogens is 3. The van der Waals surface area contributed by atoms with Crippen molar-refractivity contribution in [2.45, 2.75) is 13.1 Å². The maximum absolute atomic E-state index is 5.61.